The van der Waals surface area contributed by atoms with Crippen LogP contribution in [0.3, 0.4) is 0 Å². The van der Waals surface area contributed by atoms with Gasteiger partial charge in [-0.05, 0) is 45.3 Å². The molecule has 0 aromatic heterocycles. The fraction of sp³-hybridized carbons (Fsp3) is 0.889. The molecule has 0 aliphatic carbocycles. The van der Waals surface area contributed by atoms with E-state index in [2.05, 4.69) is 37.4 Å². The Hall–Kier alpha value is -1.34. The first-order valence-electron chi connectivity index (χ1n) is 9.69. The summed E-state index contributed by atoms with van der Waals surface area (Å²) >= 11 is 0. The Morgan fingerprint density at radius 2 is 1.88 bits per heavy atom. The van der Waals surface area contributed by atoms with E-state index in [-0.39, 0.29) is 5.91 Å². The fourth-order valence-corrected chi connectivity index (χ4v) is 3.69. The molecule has 0 bridgehead atoms. The lowest BCUT2D eigenvalue weighted by Gasteiger charge is -2.34. The predicted octanol–water partition coefficient (Wildman–Crippen LogP) is 0.0474. The topological polar surface area (TPSA) is 63.2 Å². The van der Waals surface area contributed by atoms with Crippen molar-refractivity contribution in [3.05, 3.63) is 0 Å². The van der Waals surface area contributed by atoms with Crippen molar-refractivity contribution in [2.24, 2.45) is 10.9 Å². The molecule has 2 N–H and O–H groups in total. The molecule has 2 fully saturated rings. The van der Waals surface area contributed by atoms with Gasteiger partial charge in [0.2, 0.25) is 5.91 Å². The van der Waals surface area contributed by atoms with Gasteiger partial charge < -0.3 is 25.3 Å². The number of likely N-dealkylation sites (N-methyl/N-ethyl adjacent to an activating group) is 1. The maximum Gasteiger partial charge on any atom is 0.220 e. The highest BCUT2D eigenvalue weighted by Crippen LogP contribution is 2.20. The summed E-state index contributed by atoms with van der Waals surface area (Å²) in [6.45, 7) is 8.68. The van der Waals surface area contributed by atoms with E-state index in [9.17, 15) is 4.79 Å². The molecule has 0 radical (unpaired) electrons. The van der Waals surface area contributed by atoms with Crippen molar-refractivity contribution in [2.75, 3.05) is 73.5 Å². The maximum atomic E-state index is 11.5. The van der Waals surface area contributed by atoms with Crippen molar-refractivity contribution in [1.82, 2.24) is 25.3 Å². The fourth-order valence-electron chi connectivity index (χ4n) is 3.69. The minimum Gasteiger partial charge on any atom is -0.359 e. The minimum atomic E-state index is 0.157. The molecule has 2 aliphatic heterocycles. The molecule has 0 spiro atoms. The summed E-state index contributed by atoms with van der Waals surface area (Å²) in [5.74, 6) is 1.66. The van der Waals surface area contributed by atoms with Gasteiger partial charge >= 0.3 is 0 Å². The summed E-state index contributed by atoms with van der Waals surface area (Å²) in [6.07, 6.45) is 4.03. The van der Waals surface area contributed by atoms with Gasteiger partial charge in [0, 0.05) is 59.8 Å². The van der Waals surface area contributed by atoms with Gasteiger partial charge in [0.1, 0.15) is 0 Å². The van der Waals surface area contributed by atoms with Gasteiger partial charge in [0.25, 0.3) is 0 Å². The molecule has 2 aliphatic rings. The highest BCUT2D eigenvalue weighted by molar-refractivity contribution is 5.80. The average molecular weight is 353 g/mol. The number of nitrogens with zero attached hydrogens (tertiary/aromatic N) is 4. The van der Waals surface area contributed by atoms with Crippen LogP contribution in [0.2, 0.25) is 0 Å². The van der Waals surface area contributed by atoms with Crippen LogP contribution in [-0.2, 0) is 4.79 Å². The molecule has 25 heavy (non-hydrogen) atoms. The normalized spacial score (nSPS) is 21.9. The van der Waals surface area contributed by atoms with Gasteiger partial charge in [-0.3, -0.25) is 9.79 Å². The molecule has 2 rings (SSSR count). The molecule has 0 saturated carbocycles. The molecule has 2 saturated heterocycles. The van der Waals surface area contributed by atoms with E-state index in [0.717, 1.165) is 58.1 Å². The molecule has 0 aromatic carbocycles. The first-order valence-corrected chi connectivity index (χ1v) is 9.69. The summed E-state index contributed by atoms with van der Waals surface area (Å²) in [4.78, 5) is 23.3. The number of likely N-dealkylation sites (tertiary alicyclic amines) is 1. The van der Waals surface area contributed by atoms with Crippen molar-refractivity contribution >= 4 is 11.9 Å². The Balaban J connectivity index is 1.68. The highest BCUT2D eigenvalue weighted by Gasteiger charge is 2.23. The van der Waals surface area contributed by atoms with Crippen LogP contribution >= 0.6 is 0 Å². The van der Waals surface area contributed by atoms with Crippen molar-refractivity contribution in [3.8, 4) is 0 Å². The average Bonchev–Trinajstić information content (AvgIpc) is 2.84. The summed E-state index contributed by atoms with van der Waals surface area (Å²) in [5.41, 5.74) is 0. The van der Waals surface area contributed by atoms with Gasteiger partial charge in [0.05, 0.1) is 0 Å². The van der Waals surface area contributed by atoms with Crippen LogP contribution in [0, 0.1) is 5.92 Å². The Morgan fingerprint density at radius 3 is 2.56 bits per heavy atom. The van der Waals surface area contributed by atoms with Gasteiger partial charge in [-0.1, -0.05) is 0 Å². The third-order valence-electron chi connectivity index (χ3n) is 5.40. The zero-order chi connectivity index (χ0) is 18.1. The van der Waals surface area contributed by atoms with E-state index in [1.54, 1.807) is 7.05 Å². The third-order valence-corrected chi connectivity index (χ3v) is 5.40. The number of rotatable bonds is 5. The number of carbonyl (C=O) groups is 1. The monoisotopic (exact) mass is 352 g/mol. The van der Waals surface area contributed by atoms with Gasteiger partial charge in [-0.15, -0.1) is 0 Å². The molecule has 7 heteroatoms. The molecule has 1 amide bonds. The van der Waals surface area contributed by atoms with Crippen molar-refractivity contribution < 1.29 is 4.79 Å². The molecule has 2 heterocycles. The van der Waals surface area contributed by atoms with Gasteiger partial charge in [-0.25, -0.2) is 0 Å². The van der Waals surface area contributed by atoms with Crippen LogP contribution < -0.4 is 10.6 Å². The molecule has 0 unspecified atom stereocenters. The number of amides is 1. The quantitative estimate of drug-likeness (QED) is 0.541. The SMILES string of the molecule is CN=C(NCCN1CCCN(C)CC1)N1CCC(CC(=O)NC)CC1. The second kappa shape index (κ2) is 10.6. The standard InChI is InChI=1S/C18H36N6O/c1-19-17(25)15-16-5-10-24(11-6-16)18(20-2)21-7-12-23-9-4-8-22(3)13-14-23/h16H,4-15H2,1-3H3,(H,19,25)(H,20,21). The van der Waals surface area contributed by atoms with Crippen LogP contribution in [0.4, 0.5) is 0 Å². The summed E-state index contributed by atoms with van der Waals surface area (Å²) in [5, 5.41) is 6.25. The molecule has 7 nitrogen and oxygen atoms in total. The number of guanidine groups is 1. The zero-order valence-electron chi connectivity index (χ0n) is 16.3. The van der Waals surface area contributed by atoms with E-state index in [4.69, 9.17) is 0 Å². The predicted molar refractivity (Wildman–Crippen MR) is 103 cm³/mol. The lowest BCUT2D eigenvalue weighted by Crippen LogP contribution is -2.48. The van der Waals surface area contributed by atoms with Crippen molar-refractivity contribution in [1.29, 1.82) is 0 Å². The Kier molecular flexibility index (Phi) is 8.48. The first kappa shape index (κ1) is 20.0. The summed E-state index contributed by atoms with van der Waals surface area (Å²) in [7, 11) is 5.78. The number of carbonyl (C=O) groups excluding carboxylic acids is 1. The second-order valence-corrected chi connectivity index (χ2v) is 7.28. The third kappa shape index (κ3) is 6.82. The van der Waals surface area contributed by atoms with E-state index >= 15 is 0 Å². The Labute approximate surface area is 152 Å². The van der Waals surface area contributed by atoms with Crippen LogP contribution in [0.15, 0.2) is 4.99 Å². The highest BCUT2D eigenvalue weighted by atomic mass is 16.1. The Bertz CT molecular complexity index is 433. The first-order chi connectivity index (χ1) is 12.1. The van der Waals surface area contributed by atoms with Gasteiger partial charge in [0.15, 0.2) is 5.96 Å². The number of aliphatic imine (C=N–C) groups is 1. The maximum absolute atomic E-state index is 11.5. The number of hydrogen-bond acceptors (Lipinski definition) is 4. The second-order valence-electron chi connectivity index (χ2n) is 7.28. The number of piperidine rings is 1. The number of nitrogens with one attached hydrogen (secondary N) is 2. The minimum absolute atomic E-state index is 0.157. The van der Waals surface area contributed by atoms with E-state index in [1.165, 1.54) is 19.5 Å². The molecule has 0 atom stereocenters. The summed E-state index contributed by atoms with van der Waals surface area (Å²) < 4.78 is 0. The van der Waals surface area contributed by atoms with Crippen molar-refractivity contribution in [3.63, 3.8) is 0 Å². The number of hydrogen-bond donors (Lipinski definition) is 2. The van der Waals surface area contributed by atoms with Gasteiger partial charge in [-0.2, -0.15) is 0 Å². The smallest absolute Gasteiger partial charge is 0.220 e. The Morgan fingerprint density at radius 1 is 1.12 bits per heavy atom. The van der Waals surface area contributed by atoms with E-state index in [1.807, 2.05) is 7.05 Å². The van der Waals surface area contributed by atoms with Crippen molar-refractivity contribution in [2.45, 2.75) is 25.7 Å². The molecule has 144 valence electrons. The molecular formula is C18H36N6O. The lowest BCUT2D eigenvalue weighted by molar-refractivity contribution is -0.121. The molecule has 0 aromatic rings. The van der Waals surface area contributed by atoms with Crippen LogP contribution in [0.1, 0.15) is 25.7 Å². The van der Waals surface area contributed by atoms with Crippen LogP contribution in [-0.4, -0.2) is 100 Å². The lowest BCUT2D eigenvalue weighted by atomic mass is 9.93. The molecular weight excluding hydrogens is 316 g/mol. The van der Waals surface area contributed by atoms with E-state index in [0.29, 0.717) is 12.3 Å². The van der Waals surface area contributed by atoms with E-state index < -0.39 is 0 Å². The summed E-state index contributed by atoms with van der Waals surface area (Å²) in [6, 6.07) is 0. The largest absolute Gasteiger partial charge is 0.359 e. The van der Waals surface area contributed by atoms with Crippen LogP contribution in [0.25, 0.3) is 0 Å². The van der Waals surface area contributed by atoms with Crippen LogP contribution in [0.5, 0.6) is 0 Å². The zero-order valence-corrected chi connectivity index (χ0v) is 16.3.